The van der Waals surface area contributed by atoms with Gasteiger partial charge in [0.2, 0.25) is 5.88 Å². The third kappa shape index (κ3) is 5.83. The Balaban J connectivity index is 1.78. The number of aryl methyl sites for hydroxylation is 2. The third-order valence-corrected chi connectivity index (χ3v) is 6.08. The van der Waals surface area contributed by atoms with Crippen molar-refractivity contribution >= 4 is 27.3 Å². The molecule has 0 aliphatic heterocycles. The molecule has 1 heterocycles. The van der Waals surface area contributed by atoms with E-state index in [1.54, 1.807) is 62.7 Å². The second kappa shape index (κ2) is 10.3. The highest BCUT2D eigenvalue weighted by Gasteiger charge is 2.18. The summed E-state index contributed by atoms with van der Waals surface area (Å²) in [5.74, 6) is -0.160. The van der Waals surface area contributed by atoms with Gasteiger partial charge in [-0.05, 0) is 61.4 Å². The highest BCUT2D eigenvalue weighted by Crippen LogP contribution is 2.24. The molecular formula is C23H25N3O5S. The first-order valence-electron chi connectivity index (χ1n) is 9.88. The van der Waals surface area contributed by atoms with E-state index in [2.05, 4.69) is 15.0 Å². The SMILES string of the molecule is COCCOc1ncccc1NC(=O)c1cccc(NS(=O)(=O)c2cc(C)ccc2C)c1. The Morgan fingerprint density at radius 2 is 1.84 bits per heavy atom. The second-order valence-electron chi connectivity index (χ2n) is 7.11. The van der Waals surface area contributed by atoms with Crippen LogP contribution in [0.2, 0.25) is 0 Å². The van der Waals surface area contributed by atoms with Gasteiger partial charge in [-0.15, -0.1) is 0 Å². The summed E-state index contributed by atoms with van der Waals surface area (Å²) in [5.41, 5.74) is 2.42. The van der Waals surface area contributed by atoms with Crippen molar-refractivity contribution in [3.05, 3.63) is 77.5 Å². The molecule has 3 aromatic rings. The second-order valence-corrected chi connectivity index (χ2v) is 8.76. The van der Waals surface area contributed by atoms with Crippen molar-refractivity contribution in [2.75, 3.05) is 30.4 Å². The molecule has 1 amide bonds. The number of hydrogen-bond donors (Lipinski definition) is 2. The van der Waals surface area contributed by atoms with Crippen LogP contribution in [0.5, 0.6) is 5.88 Å². The largest absolute Gasteiger partial charge is 0.474 e. The van der Waals surface area contributed by atoms with Gasteiger partial charge in [0.1, 0.15) is 12.3 Å². The van der Waals surface area contributed by atoms with Crippen LogP contribution in [-0.4, -0.2) is 39.6 Å². The number of rotatable bonds is 9. The molecule has 2 N–H and O–H groups in total. The van der Waals surface area contributed by atoms with Crippen molar-refractivity contribution in [3.63, 3.8) is 0 Å². The molecule has 0 bridgehead atoms. The average molecular weight is 456 g/mol. The molecule has 0 saturated carbocycles. The highest BCUT2D eigenvalue weighted by atomic mass is 32.2. The lowest BCUT2D eigenvalue weighted by molar-refractivity contribution is 0.102. The zero-order valence-electron chi connectivity index (χ0n) is 18.1. The molecule has 0 aliphatic rings. The van der Waals surface area contributed by atoms with Crippen LogP contribution in [0.15, 0.2) is 65.7 Å². The molecule has 9 heteroatoms. The molecule has 0 atom stereocenters. The molecule has 0 spiro atoms. The molecule has 8 nitrogen and oxygen atoms in total. The summed E-state index contributed by atoms with van der Waals surface area (Å²) in [7, 11) is -2.25. The van der Waals surface area contributed by atoms with Gasteiger partial charge in [-0.1, -0.05) is 18.2 Å². The number of anilines is 2. The summed E-state index contributed by atoms with van der Waals surface area (Å²) < 4.78 is 38.8. The molecule has 0 saturated heterocycles. The predicted octanol–water partition coefficient (Wildman–Crippen LogP) is 3.78. The first-order valence-corrected chi connectivity index (χ1v) is 11.4. The summed E-state index contributed by atoms with van der Waals surface area (Å²) >= 11 is 0. The van der Waals surface area contributed by atoms with Gasteiger partial charge in [-0.2, -0.15) is 0 Å². The zero-order valence-corrected chi connectivity index (χ0v) is 18.9. The summed E-state index contributed by atoms with van der Waals surface area (Å²) in [6.07, 6.45) is 1.56. The van der Waals surface area contributed by atoms with E-state index in [4.69, 9.17) is 9.47 Å². The molecule has 0 fully saturated rings. The number of nitrogens with zero attached hydrogens (tertiary/aromatic N) is 1. The number of hydrogen-bond acceptors (Lipinski definition) is 6. The van der Waals surface area contributed by atoms with Gasteiger partial charge in [-0.25, -0.2) is 13.4 Å². The minimum absolute atomic E-state index is 0.195. The molecule has 0 aliphatic carbocycles. The van der Waals surface area contributed by atoms with Crippen LogP contribution >= 0.6 is 0 Å². The van der Waals surface area contributed by atoms with Gasteiger partial charge in [0.05, 0.1) is 11.5 Å². The van der Waals surface area contributed by atoms with E-state index in [0.717, 1.165) is 5.56 Å². The molecule has 32 heavy (non-hydrogen) atoms. The topological polar surface area (TPSA) is 107 Å². The number of carbonyl (C=O) groups is 1. The van der Waals surface area contributed by atoms with Crippen LogP contribution in [0.25, 0.3) is 0 Å². The number of methoxy groups -OCH3 is 1. The summed E-state index contributed by atoms with van der Waals surface area (Å²) in [5, 5.41) is 2.75. The molecular weight excluding hydrogens is 430 g/mol. The maximum atomic E-state index is 12.9. The quantitative estimate of drug-likeness (QED) is 0.476. The van der Waals surface area contributed by atoms with Crippen LogP contribution in [0.4, 0.5) is 11.4 Å². The van der Waals surface area contributed by atoms with Gasteiger partial charge in [0.15, 0.2) is 0 Å². The van der Waals surface area contributed by atoms with Gasteiger partial charge in [0, 0.05) is 24.6 Å². The molecule has 2 aromatic carbocycles. The Bertz CT molecular complexity index is 1210. The molecule has 168 valence electrons. The average Bonchev–Trinajstić information content (AvgIpc) is 2.76. The number of pyridine rings is 1. The van der Waals surface area contributed by atoms with Gasteiger partial charge < -0.3 is 14.8 Å². The predicted molar refractivity (Wildman–Crippen MR) is 123 cm³/mol. The van der Waals surface area contributed by atoms with E-state index in [-0.39, 0.29) is 28.6 Å². The molecule has 3 rings (SSSR count). The Kier molecular flexibility index (Phi) is 7.45. The number of carbonyl (C=O) groups excluding carboxylic acids is 1. The lowest BCUT2D eigenvalue weighted by Crippen LogP contribution is -2.16. The number of benzene rings is 2. The fourth-order valence-corrected chi connectivity index (χ4v) is 4.33. The Labute approximate surface area is 187 Å². The molecule has 1 aromatic heterocycles. The van der Waals surface area contributed by atoms with Crippen molar-refractivity contribution in [3.8, 4) is 5.88 Å². The maximum Gasteiger partial charge on any atom is 0.262 e. The number of aromatic nitrogens is 1. The molecule has 0 unspecified atom stereocenters. The van der Waals surface area contributed by atoms with Crippen molar-refractivity contribution in [2.24, 2.45) is 0 Å². The van der Waals surface area contributed by atoms with Crippen molar-refractivity contribution in [1.29, 1.82) is 0 Å². The monoisotopic (exact) mass is 455 g/mol. The lowest BCUT2D eigenvalue weighted by Gasteiger charge is -2.13. The van der Waals surface area contributed by atoms with Crippen LogP contribution in [-0.2, 0) is 14.8 Å². The van der Waals surface area contributed by atoms with Gasteiger partial charge in [0.25, 0.3) is 15.9 Å². The standard InChI is InChI=1S/C23H25N3O5S/c1-16-9-10-17(2)21(14-16)32(28,29)26-19-7-4-6-18(15-19)22(27)25-20-8-5-11-24-23(20)31-13-12-30-3/h4-11,14-15,26H,12-13H2,1-3H3,(H,25,27). The first-order chi connectivity index (χ1) is 15.3. The highest BCUT2D eigenvalue weighted by molar-refractivity contribution is 7.92. The summed E-state index contributed by atoms with van der Waals surface area (Å²) in [6, 6.07) is 14.8. The maximum absolute atomic E-state index is 12.9. The van der Waals surface area contributed by atoms with E-state index < -0.39 is 15.9 Å². The number of nitrogens with one attached hydrogen (secondary N) is 2. The summed E-state index contributed by atoms with van der Waals surface area (Å²) in [6.45, 7) is 4.23. The van der Waals surface area contributed by atoms with Crippen molar-refractivity contribution < 1.29 is 22.7 Å². The Hall–Kier alpha value is -3.43. The van der Waals surface area contributed by atoms with E-state index in [1.807, 2.05) is 13.0 Å². The number of ether oxygens (including phenoxy) is 2. The Morgan fingerprint density at radius 1 is 1.03 bits per heavy atom. The minimum Gasteiger partial charge on any atom is -0.474 e. The van der Waals surface area contributed by atoms with Crippen LogP contribution in [0.3, 0.4) is 0 Å². The van der Waals surface area contributed by atoms with Crippen molar-refractivity contribution in [1.82, 2.24) is 4.98 Å². The van der Waals surface area contributed by atoms with Crippen molar-refractivity contribution in [2.45, 2.75) is 18.7 Å². The zero-order chi connectivity index (χ0) is 23.1. The van der Waals surface area contributed by atoms with E-state index >= 15 is 0 Å². The number of sulfonamides is 1. The fraction of sp³-hybridized carbons (Fsp3) is 0.217. The van der Waals surface area contributed by atoms with Gasteiger partial charge >= 0.3 is 0 Å². The smallest absolute Gasteiger partial charge is 0.262 e. The number of amides is 1. The van der Waals surface area contributed by atoms with E-state index in [0.29, 0.717) is 17.9 Å². The third-order valence-electron chi connectivity index (χ3n) is 4.56. The van der Waals surface area contributed by atoms with Crippen LogP contribution in [0, 0.1) is 13.8 Å². The molecule has 0 radical (unpaired) electrons. The summed E-state index contributed by atoms with van der Waals surface area (Å²) in [4.78, 5) is 17.1. The van der Waals surface area contributed by atoms with E-state index in [9.17, 15) is 13.2 Å². The first kappa shape index (κ1) is 23.2. The lowest BCUT2D eigenvalue weighted by atomic mass is 10.2. The van der Waals surface area contributed by atoms with Crippen LogP contribution in [0.1, 0.15) is 21.5 Å². The minimum atomic E-state index is -3.81. The Morgan fingerprint density at radius 3 is 2.62 bits per heavy atom. The normalized spacial score (nSPS) is 11.1. The fourth-order valence-electron chi connectivity index (χ4n) is 2.95. The van der Waals surface area contributed by atoms with Crippen LogP contribution < -0.4 is 14.8 Å². The van der Waals surface area contributed by atoms with E-state index in [1.165, 1.54) is 6.07 Å². The van der Waals surface area contributed by atoms with Gasteiger partial charge in [-0.3, -0.25) is 9.52 Å².